The maximum atomic E-state index is 5.97. The Kier molecular flexibility index (Phi) is 3.90. The summed E-state index contributed by atoms with van der Waals surface area (Å²) < 4.78 is 2.89. The number of nitrogen functional groups attached to an aromatic ring is 1. The maximum Gasteiger partial charge on any atom is 0.136 e. The monoisotopic (exact) mass is 285 g/mol. The molecule has 0 amide bonds. The number of hydrogen-bond donors (Lipinski definition) is 1. The fourth-order valence-corrected chi connectivity index (χ4v) is 2.81. The van der Waals surface area contributed by atoms with Crippen LogP contribution in [0.1, 0.15) is 44.2 Å². The van der Waals surface area contributed by atoms with Crippen molar-refractivity contribution in [3.8, 4) is 0 Å². The highest BCUT2D eigenvalue weighted by molar-refractivity contribution is 9.10. The Hall–Kier alpha value is -0.510. The minimum Gasteiger partial charge on any atom is -0.383 e. The van der Waals surface area contributed by atoms with Gasteiger partial charge in [0, 0.05) is 6.54 Å². The van der Waals surface area contributed by atoms with E-state index in [9.17, 15) is 0 Å². The Labute approximate surface area is 106 Å². The van der Waals surface area contributed by atoms with E-state index in [4.69, 9.17) is 5.73 Å². The van der Waals surface area contributed by atoms with Crippen molar-refractivity contribution in [3.05, 3.63) is 10.2 Å². The van der Waals surface area contributed by atoms with Gasteiger partial charge in [0.2, 0.25) is 0 Å². The molecule has 2 N–H and O–H groups in total. The van der Waals surface area contributed by atoms with E-state index in [0.717, 1.165) is 28.4 Å². The van der Waals surface area contributed by atoms with Crippen LogP contribution in [0.2, 0.25) is 0 Å². The average Bonchev–Trinajstić information content (AvgIpc) is 2.56. The van der Waals surface area contributed by atoms with Crippen LogP contribution in [0.4, 0.5) is 5.82 Å². The van der Waals surface area contributed by atoms with Crippen LogP contribution in [0.5, 0.6) is 0 Å². The van der Waals surface area contributed by atoms with Crippen LogP contribution in [0.15, 0.2) is 4.47 Å². The van der Waals surface area contributed by atoms with E-state index in [1.807, 2.05) is 11.6 Å². The van der Waals surface area contributed by atoms with Gasteiger partial charge in [0.15, 0.2) is 0 Å². The van der Waals surface area contributed by atoms with Crippen molar-refractivity contribution in [2.45, 2.75) is 52.0 Å². The van der Waals surface area contributed by atoms with Gasteiger partial charge in [0.1, 0.15) is 5.82 Å². The zero-order chi connectivity index (χ0) is 11.5. The first kappa shape index (κ1) is 12.0. The summed E-state index contributed by atoms with van der Waals surface area (Å²) in [6, 6.07) is 0. The van der Waals surface area contributed by atoms with Crippen molar-refractivity contribution in [2.24, 2.45) is 5.92 Å². The number of nitrogens with two attached hydrogens (primary N) is 1. The van der Waals surface area contributed by atoms with E-state index >= 15 is 0 Å². The summed E-state index contributed by atoms with van der Waals surface area (Å²) in [5.74, 6) is 1.66. The molecule has 0 aliphatic heterocycles. The third-order valence-corrected chi connectivity index (χ3v) is 4.55. The van der Waals surface area contributed by atoms with Crippen molar-refractivity contribution in [2.75, 3.05) is 5.73 Å². The van der Waals surface area contributed by atoms with E-state index in [-0.39, 0.29) is 0 Å². The van der Waals surface area contributed by atoms with E-state index in [2.05, 4.69) is 21.0 Å². The van der Waals surface area contributed by atoms with E-state index in [1.54, 1.807) is 0 Å². The smallest absolute Gasteiger partial charge is 0.136 e. The Bertz CT molecular complexity index is 353. The molecule has 1 aliphatic rings. The summed E-state index contributed by atoms with van der Waals surface area (Å²) in [7, 11) is 0. The number of anilines is 1. The van der Waals surface area contributed by atoms with Crippen LogP contribution in [-0.4, -0.2) is 9.78 Å². The lowest BCUT2D eigenvalue weighted by atomic mass is 9.87. The number of aryl methyl sites for hydroxylation is 2. The Morgan fingerprint density at radius 3 is 2.62 bits per heavy atom. The maximum absolute atomic E-state index is 5.97. The topological polar surface area (TPSA) is 43.8 Å². The quantitative estimate of drug-likeness (QED) is 0.924. The van der Waals surface area contributed by atoms with Crippen molar-refractivity contribution in [1.29, 1.82) is 0 Å². The highest BCUT2D eigenvalue weighted by Gasteiger charge is 2.15. The molecular formula is C12H20BrN3. The summed E-state index contributed by atoms with van der Waals surface area (Å²) in [6.45, 7) is 2.94. The average molecular weight is 286 g/mol. The normalized spacial score (nSPS) is 17.9. The van der Waals surface area contributed by atoms with Gasteiger partial charge >= 0.3 is 0 Å². The summed E-state index contributed by atoms with van der Waals surface area (Å²) in [5.41, 5.74) is 6.96. The fraction of sp³-hybridized carbons (Fsp3) is 0.750. The van der Waals surface area contributed by atoms with Gasteiger partial charge < -0.3 is 5.73 Å². The van der Waals surface area contributed by atoms with Crippen molar-refractivity contribution < 1.29 is 0 Å². The molecule has 4 heteroatoms. The Morgan fingerprint density at radius 1 is 1.38 bits per heavy atom. The molecule has 0 spiro atoms. The first-order valence-corrected chi connectivity index (χ1v) is 6.96. The van der Waals surface area contributed by atoms with Gasteiger partial charge in [-0.2, -0.15) is 5.10 Å². The molecule has 1 fully saturated rings. The number of rotatable bonds is 3. The minimum atomic E-state index is 0.772. The minimum absolute atomic E-state index is 0.772. The molecule has 2 rings (SSSR count). The van der Waals surface area contributed by atoms with E-state index < -0.39 is 0 Å². The van der Waals surface area contributed by atoms with E-state index in [1.165, 1.54) is 38.5 Å². The van der Waals surface area contributed by atoms with E-state index in [0.29, 0.717) is 0 Å². The zero-order valence-corrected chi connectivity index (χ0v) is 11.5. The molecule has 90 valence electrons. The Morgan fingerprint density at radius 2 is 2.06 bits per heavy atom. The molecule has 1 aromatic heterocycles. The third kappa shape index (κ3) is 2.59. The van der Waals surface area contributed by atoms with Crippen molar-refractivity contribution in [3.63, 3.8) is 0 Å². The summed E-state index contributed by atoms with van der Waals surface area (Å²) in [5, 5.41) is 4.44. The lowest BCUT2D eigenvalue weighted by Gasteiger charge is -2.21. The molecule has 0 radical (unpaired) electrons. The second-order valence-electron chi connectivity index (χ2n) is 4.80. The Balaban J connectivity index is 1.91. The lowest BCUT2D eigenvalue weighted by molar-refractivity contribution is 0.319. The fourth-order valence-electron chi connectivity index (χ4n) is 2.53. The molecule has 1 heterocycles. The second-order valence-corrected chi connectivity index (χ2v) is 5.59. The molecular weight excluding hydrogens is 266 g/mol. The number of nitrogens with zero attached hydrogens (tertiary/aromatic N) is 2. The van der Waals surface area contributed by atoms with Crippen LogP contribution in [0.3, 0.4) is 0 Å². The molecule has 0 aromatic carbocycles. The molecule has 3 nitrogen and oxygen atoms in total. The molecule has 0 atom stereocenters. The molecule has 1 aliphatic carbocycles. The summed E-state index contributed by atoms with van der Waals surface area (Å²) in [6.07, 6.45) is 8.23. The largest absolute Gasteiger partial charge is 0.383 e. The van der Waals surface area contributed by atoms with Crippen molar-refractivity contribution in [1.82, 2.24) is 9.78 Å². The predicted molar refractivity (Wildman–Crippen MR) is 70.3 cm³/mol. The molecule has 1 saturated carbocycles. The van der Waals surface area contributed by atoms with Crippen LogP contribution < -0.4 is 5.73 Å². The molecule has 0 bridgehead atoms. The van der Waals surface area contributed by atoms with Gasteiger partial charge in [-0.15, -0.1) is 0 Å². The zero-order valence-electron chi connectivity index (χ0n) is 9.88. The molecule has 16 heavy (non-hydrogen) atoms. The van der Waals surface area contributed by atoms with Gasteiger partial charge in [0.25, 0.3) is 0 Å². The van der Waals surface area contributed by atoms with Crippen LogP contribution in [-0.2, 0) is 6.54 Å². The SMILES string of the molecule is Cc1nn(CCC2CCCCC2)c(N)c1Br. The highest BCUT2D eigenvalue weighted by Crippen LogP contribution is 2.28. The standard InChI is InChI=1S/C12H20BrN3/c1-9-11(13)12(14)16(15-9)8-7-10-5-3-2-4-6-10/h10H,2-8,14H2,1H3. The van der Waals surface area contributed by atoms with Gasteiger partial charge in [-0.05, 0) is 35.2 Å². The highest BCUT2D eigenvalue weighted by atomic mass is 79.9. The third-order valence-electron chi connectivity index (χ3n) is 3.57. The summed E-state index contributed by atoms with van der Waals surface area (Å²) in [4.78, 5) is 0. The molecule has 0 unspecified atom stereocenters. The number of hydrogen-bond acceptors (Lipinski definition) is 2. The predicted octanol–water partition coefficient (Wildman–Crippen LogP) is 3.51. The number of halogens is 1. The van der Waals surface area contributed by atoms with Crippen LogP contribution in [0, 0.1) is 12.8 Å². The van der Waals surface area contributed by atoms with Gasteiger partial charge in [-0.3, -0.25) is 0 Å². The van der Waals surface area contributed by atoms with Crippen molar-refractivity contribution >= 4 is 21.7 Å². The van der Waals surface area contributed by atoms with Crippen LogP contribution in [0.25, 0.3) is 0 Å². The molecule has 1 aromatic rings. The van der Waals surface area contributed by atoms with Gasteiger partial charge in [-0.1, -0.05) is 32.1 Å². The first-order valence-electron chi connectivity index (χ1n) is 6.17. The first-order chi connectivity index (χ1) is 7.68. The van der Waals surface area contributed by atoms with Gasteiger partial charge in [-0.25, -0.2) is 4.68 Å². The second kappa shape index (κ2) is 5.21. The number of aromatic nitrogens is 2. The van der Waals surface area contributed by atoms with Gasteiger partial charge in [0.05, 0.1) is 10.2 Å². The lowest BCUT2D eigenvalue weighted by Crippen LogP contribution is -2.12. The van der Waals surface area contributed by atoms with Crippen LogP contribution >= 0.6 is 15.9 Å². The summed E-state index contributed by atoms with van der Waals surface area (Å²) >= 11 is 3.46. The molecule has 0 saturated heterocycles.